The largest absolute Gasteiger partial charge is 0.348 e. The minimum absolute atomic E-state index is 0.0573. The Morgan fingerprint density at radius 1 is 1.10 bits per heavy atom. The lowest BCUT2D eigenvalue weighted by atomic mass is 9.89. The van der Waals surface area contributed by atoms with Crippen LogP contribution in [0.1, 0.15) is 35.7 Å². The molecule has 1 spiro atoms. The van der Waals surface area contributed by atoms with Gasteiger partial charge in [-0.1, -0.05) is 12.1 Å². The lowest BCUT2D eigenvalue weighted by Crippen LogP contribution is -2.68. The van der Waals surface area contributed by atoms with Gasteiger partial charge in [-0.3, -0.25) is 9.59 Å². The Morgan fingerprint density at radius 3 is 2.52 bits per heavy atom. The maximum Gasteiger partial charge on any atom is 0.255 e. The molecule has 5 nitrogen and oxygen atoms in total. The number of hydrogen-bond acceptors (Lipinski definition) is 3. The van der Waals surface area contributed by atoms with Gasteiger partial charge < -0.3 is 15.1 Å². The molecular formula is C22H23F2N3O2. The fourth-order valence-corrected chi connectivity index (χ4v) is 4.43. The van der Waals surface area contributed by atoms with Crippen molar-refractivity contribution >= 4 is 17.5 Å². The fourth-order valence-electron chi connectivity index (χ4n) is 4.43. The minimum atomic E-state index is -0.591. The maximum atomic E-state index is 13.6. The maximum absolute atomic E-state index is 13.6. The van der Waals surface area contributed by atoms with E-state index in [9.17, 15) is 18.4 Å². The number of hydrogen-bond donors (Lipinski definition) is 1. The first-order valence-electron chi connectivity index (χ1n) is 9.84. The van der Waals surface area contributed by atoms with Crippen LogP contribution in [0.2, 0.25) is 0 Å². The molecule has 0 radical (unpaired) electrons. The van der Waals surface area contributed by atoms with Gasteiger partial charge in [-0.2, -0.15) is 0 Å². The Labute approximate surface area is 168 Å². The van der Waals surface area contributed by atoms with Crippen molar-refractivity contribution in [1.29, 1.82) is 0 Å². The van der Waals surface area contributed by atoms with Crippen LogP contribution in [0.4, 0.5) is 14.5 Å². The standard InChI is InChI=1S/C22H23F2N3O2/c1-2-27-19-7-6-17(24)14-18(19)21(29)25-22(27)8-10-26(11-9-22)20(28)13-15-4-3-5-16(23)12-15/h3-7,12,14H,2,8-11,13H2,1H3,(H,25,29). The highest BCUT2D eigenvalue weighted by Crippen LogP contribution is 2.37. The van der Waals surface area contributed by atoms with Gasteiger partial charge in [-0.25, -0.2) is 8.78 Å². The molecule has 0 aliphatic carbocycles. The normalized spacial score (nSPS) is 17.8. The van der Waals surface area contributed by atoms with Crippen molar-refractivity contribution in [3.05, 3.63) is 65.2 Å². The fraction of sp³-hybridized carbons (Fsp3) is 0.364. The molecule has 2 aromatic rings. The molecule has 0 bridgehead atoms. The smallest absolute Gasteiger partial charge is 0.255 e. The summed E-state index contributed by atoms with van der Waals surface area (Å²) in [5.74, 6) is -1.14. The van der Waals surface area contributed by atoms with Crippen LogP contribution in [0, 0.1) is 11.6 Å². The zero-order chi connectivity index (χ0) is 20.6. The van der Waals surface area contributed by atoms with E-state index in [4.69, 9.17) is 0 Å². The number of anilines is 1. The highest BCUT2D eigenvalue weighted by Gasteiger charge is 2.45. The highest BCUT2D eigenvalue weighted by atomic mass is 19.1. The Balaban J connectivity index is 1.49. The molecular weight excluding hydrogens is 376 g/mol. The molecule has 29 heavy (non-hydrogen) atoms. The molecule has 2 amide bonds. The van der Waals surface area contributed by atoms with Crippen LogP contribution in [-0.4, -0.2) is 42.0 Å². The summed E-state index contributed by atoms with van der Waals surface area (Å²) in [5, 5.41) is 3.07. The molecule has 0 saturated carbocycles. The minimum Gasteiger partial charge on any atom is -0.348 e. The summed E-state index contributed by atoms with van der Waals surface area (Å²) in [5.41, 5.74) is 1.11. The summed E-state index contributed by atoms with van der Waals surface area (Å²) in [6, 6.07) is 10.3. The predicted octanol–water partition coefficient (Wildman–Crippen LogP) is 3.10. The first-order valence-corrected chi connectivity index (χ1v) is 9.84. The molecule has 152 valence electrons. The highest BCUT2D eigenvalue weighted by molar-refractivity contribution is 6.02. The van der Waals surface area contributed by atoms with Crippen molar-refractivity contribution in [3.8, 4) is 0 Å². The molecule has 0 unspecified atom stereocenters. The summed E-state index contributed by atoms with van der Waals surface area (Å²) in [4.78, 5) is 29.2. The van der Waals surface area contributed by atoms with Gasteiger partial charge in [0.25, 0.3) is 5.91 Å². The Hall–Kier alpha value is -2.96. The lowest BCUT2D eigenvalue weighted by Gasteiger charge is -2.52. The van der Waals surface area contributed by atoms with Crippen LogP contribution in [0.5, 0.6) is 0 Å². The van der Waals surface area contributed by atoms with Gasteiger partial charge in [0, 0.05) is 32.5 Å². The number of piperidine rings is 1. The Bertz CT molecular complexity index is 955. The van der Waals surface area contributed by atoms with Crippen LogP contribution in [0.3, 0.4) is 0 Å². The van der Waals surface area contributed by atoms with Crippen molar-refractivity contribution in [1.82, 2.24) is 10.2 Å². The third-order valence-electron chi connectivity index (χ3n) is 5.86. The van der Waals surface area contributed by atoms with Gasteiger partial charge >= 0.3 is 0 Å². The van der Waals surface area contributed by atoms with Crippen LogP contribution in [0.15, 0.2) is 42.5 Å². The topological polar surface area (TPSA) is 52.7 Å². The first kappa shape index (κ1) is 19.4. The van der Waals surface area contributed by atoms with Crippen LogP contribution >= 0.6 is 0 Å². The van der Waals surface area contributed by atoms with E-state index in [0.717, 1.165) is 5.69 Å². The van der Waals surface area contributed by atoms with Crippen molar-refractivity contribution in [3.63, 3.8) is 0 Å². The Kier molecular flexibility index (Phi) is 4.98. The Morgan fingerprint density at radius 2 is 1.83 bits per heavy atom. The summed E-state index contributed by atoms with van der Waals surface area (Å²) < 4.78 is 27.0. The van der Waals surface area contributed by atoms with E-state index in [2.05, 4.69) is 10.2 Å². The molecule has 0 atom stereocenters. The van der Waals surface area contributed by atoms with Gasteiger partial charge in [0.2, 0.25) is 5.91 Å². The van der Waals surface area contributed by atoms with E-state index in [1.807, 2.05) is 6.92 Å². The van der Waals surface area contributed by atoms with Gasteiger partial charge in [0.1, 0.15) is 17.3 Å². The number of rotatable bonds is 3. The monoisotopic (exact) mass is 399 g/mol. The molecule has 1 N–H and O–H groups in total. The van der Waals surface area contributed by atoms with Crippen LogP contribution in [0.25, 0.3) is 0 Å². The van der Waals surface area contributed by atoms with Gasteiger partial charge in [0.05, 0.1) is 17.7 Å². The summed E-state index contributed by atoms with van der Waals surface area (Å²) >= 11 is 0. The summed E-state index contributed by atoms with van der Waals surface area (Å²) in [7, 11) is 0. The van der Waals surface area contributed by atoms with Gasteiger partial charge in [-0.05, 0) is 42.8 Å². The van der Waals surface area contributed by atoms with E-state index >= 15 is 0 Å². The number of carbonyl (C=O) groups is 2. The van der Waals surface area contributed by atoms with Crippen molar-refractivity contribution in [2.24, 2.45) is 0 Å². The zero-order valence-corrected chi connectivity index (χ0v) is 16.3. The number of likely N-dealkylation sites (tertiary alicyclic amines) is 1. The van der Waals surface area contributed by atoms with E-state index in [1.54, 1.807) is 23.1 Å². The predicted molar refractivity (Wildman–Crippen MR) is 106 cm³/mol. The summed E-state index contributed by atoms with van der Waals surface area (Å²) in [6.07, 6.45) is 1.29. The molecule has 4 rings (SSSR count). The second-order valence-electron chi connectivity index (χ2n) is 7.58. The second-order valence-corrected chi connectivity index (χ2v) is 7.58. The molecule has 1 saturated heterocycles. The van der Waals surface area contributed by atoms with Crippen molar-refractivity contribution in [2.75, 3.05) is 24.5 Å². The third-order valence-corrected chi connectivity index (χ3v) is 5.86. The average molecular weight is 399 g/mol. The van der Waals surface area contributed by atoms with Gasteiger partial charge in [0.15, 0.2) is 0 Å². The molecule has 7 heteroatoms. The molecule has 2 aliphatic rings. The van der Waals surface area contributed by atoms with Crippen LogP contribution in [-0.2, 0) is 11.2 Å². The number of benzene rings is 2. The van der Waals surface area contributed by atoms with E-state index in [1.165, 1.54) is 24.3 Å². The first-order chi connectivity index (χ1) is 13.9. The van der Waals surface area contributed by atoms with E-state index in [-0.39, 0.29) is 24.1 Å². The summed E-state index contributed by atoms with van der Waals surface area (Å²) in [6.45, 7) is 3.62. The average Bonchev–Trinajstić information content (AvgIpc) is 2.69. The molecule has 2 aromatic carbocycles. The quantitative estimate of drug-likeness (QED) is 0.863. The molecule has 0 aromatic heterocycles. The number of carbonyl (C=O) groups excluding carboxylic acids is 2. The SMILES string of the molecule is CCN1c2ccc(F)cc2C(=O)NC12CCN(C(=O)Cc1cccc(F)c1)CC2. The third kappa shape index (κ3) is 3.57. The van der Waals surface area contributed by atoms with Crippen LogP contribution < -0.4 is 10.2 Å². The molecule has 2 heterocycles. The number of fused-ring (bicyclic) bond motifs is 1. The molecule has 1 fully saturated rings. The van der Waals surface area contributed by atoms with Crippen molar-refractivity contribution in [2.45, 2.75) is 31.8 Å². The number of amides is 2. The number of nitrogens with one attached hydrogen (secondary N) is 1. The lowest BCUT2D eigenvalue weighted by molar-refractivity contribution is -0.132. The number of nitrogens with zero attached hydrogens (tertiary/aromatic N) is 2. The van der Waals surface area contributed by atoms with E-state index < -0.39 is 11.5 Å². The van der Waals surface area contributed by atoms with E-state index in [0.29, 0.717) is 43.6 Å². The number of halogens is 2. The second kappa shape index (κ2) is 7.46. The van der Waals surface area contributed by atoms with Crippen molar-refractivity contribution < 1.29 is 18.4 Å². The molecule has 2 aliphatic heterocycles. The van der Waals surface area contributed by atoms with Gasteiger partial charge in [-0.15, -0.1) is 0 Å². The zero-order valence-electron chi connectivity index (χ0n) is 16.3.